The molecule has 0 aromatic rings. The molecule has 1 unspecified atom stereocenters. The van der Waals surface area contributed by atoms with Gasteiger partial charge in [-0.3, -0.25) is 0 Å². The van der Waals surface area contributed by atoms with Gasteiger partial charge in [-0.25, -0.2) is 0 Å². The van der Waals surface area contributed by atoms with Crippen molar-refractivity contribution in [2.75, 3.05) is 6.54 Å². The van der Waals surface area contributed by atoms with Gasteiger partial charge in [0.1, 0.15) is 0 Å². The van der Waals surface area contributed by atoms with E-state index < -0.39 is 0 Å². The van der Waals surface area contributed by atoms with Crippen molar-refractivity contribution in [3.8, 4) is 12.3 Å². The van der Waals surface area contributed by atoms with E-state index in [-0.39, 0.29) is 0 Å². The zero-order valence-corrected chi connectivity index (χ0v) is 7.10. The second-order valence-corrected chi connectivity index (χ2v) is 3.24. The summed E-state index contributed by atoms with van der Waals surface area (Å²) in [7, 11) is 0. The van der Waals surface area contributed by atoms with Crippen LogP contribution in [0, 0.1) is 12.3 Å². The van der Waals surface area contributed by atoms with E-state index >= 15 is 0 Å². The van der Waals surface area contributed by atoms with Gasteiger partial charge >= 0.3 is 0 Å². The molecule has 1 rings (SSSR count). The van der Waals surface area contributed by atoms with Crippen LogP contribution in [0.4, 0.5) is 0 Å². The normalized spacial score (nSPS) is 25.5. The van der Waals surface area contributed by atoms with Gasteiger partial charge in [-0.15, -0.1) is 12.3 Å². The molecule has 1 nitrogen and oxygen atoms in total. The van der Waals surface area contributed by atoms with Gasteiger partial charge in [-0.1, -0.05) is 12.8 Å². The predicted molar refractivity (Wildman–Crippen MR) is 48.3 cm³/mol. The second kappa shape index (κ2) is 5.21. The average molecular weight is 151 g/mol. The average Bonchev–Trinajstić information content (AvgIpc) is 2.28. The largest absolute Gasteiger partial charge is 0.314 e. The molecule has 1 N–H and O–H groups in total. The molecule has 1 atom stereocenters. The molecule has 11 heavy (non-hydrogen) atoms. The van der Waals surface area contributed by atoms with Crippen molar-refractivity contribution in [3.63, 3.8) is 0 Å². The lowest BCUT2D eigenvalue weighted by molar-refractivity contribution is 0.484. The molecule has 1 saturated heterocycles. The highest BCUT2D eigenvalue weighted by Crippen LogP contribution is 2.11. The van der Waals surface area contributed by atoms with Crippen LogP contribution in [0.5, 0.6) is 0 Å². The van der Waals surface area contributed by atoms with Crippen molar-refractivity contribution in [1.29, 1.82) is 0 Å². The Morgan fingerprint density at radius 2 is 2.27 bits per heavy atom. The third-order valence-electron chi connectivity index (χ3n) is 2.30. The molecule has 1 heterocycles. The smallest absolute Gasteiger partial charge is 0.0101 e. The van der Waals surface area contributed by atoms with Crippen molar-refractivity contribution in [1.82, 2.24) is 5.32 Å². The molecule has 0 aromatic carbocycles. The van der Waals surface area contributed by atoms with Gasteiger partial charge in [0.2, 0.25) is 0 Å². The summed E-state index contributed by atoms with van der Waals surface area (Å²) < 4.78 is 0. The predicted octanol–water partition coefficient (Wildman–Crippen LogP) is 1.93. The molecule has 0 aromatic heterocycles. The Kier molecular flexibility index (Phi) is 4.08. The van der Waals surface area contributed by atoms with Crippen molar-refractivity contribution in [2.45, 2.75) is 44.6 Å². The Hall–Kier alpha value is -0.480. The first kappa shape index (κ1) is 8.62. The van der Waals surface area contributed by atoms with Gasteiger partial charge in [0, 0.05) is 12.5 Å². The van der Waals surface area contributed by atoms with Crippen LogP contribution in [-0.2, 0) is 0 Å². The lowest BCUT2D eigenvalue weighted by atomic mass is 10.1. The molecule has 0 amide bonds. The first-order chi connectivity index (χ1) is 5.43. The summed E-state index contributed by atoms with van der Waals surface area (Å²) in [6.07, 6.45) is 12.7. The summed E-state index contributed by atoms with van der Waals surface area (Å²) in [5, 5.41) is 3.52. The number of terminal acetylenes is 1. The summed E-state index contributed by atoms with van der Waals surface area (Å²) in [4.78, 5) is 0. The first-order valence-corrected chi connectivity index (χ1v) is 4.60. The maximum Gasteiger partial charge on any atom is 0.0101 e. The fourth-order valence-corrected chi connectivity index (χ4v) is 1.60. The maximum atomic E-state index is 5.21. The minimum Gasteiger partial charge on any atom is -0.314 e. The van der Waals surface area contributed by atoms with Crippen LogP contribution >= 0.6 is 0 Å². The third-order valence-corrected chi connectivity index (χ3v) is 2.30. The van der Waals surface area contributed by atoms with Crippen LogP contribution in [0.3, 0.4) is 0 Å². The van der Waals surface area contributed by atoms with E-state index in [0.29, 0.717) is 6.04 Å². The molecule has 0 aliphatic carbocycles. The summed E-state index contributed by atoms with van der Waals surface area (Å²) in [6, 6.07) is 0.702. The minimum absolute atomic E-state index is 0.702. The summed E-state index contributed by atoms with van der Waals surface area (Å²) in [5.41, 5.74) is 0. The van der Waals surface area contributed by atoms with E-state index in [1.807, 2.05) is 0 Å². The van der Waals surface area contributed by atoms with Gasteiger partial charge in [0.25, 0.3) is 0 Å². The van der Waals surface area contributed by atoms with E-state index in [0.717, 1.165) is 12.8 Å². The standard InChI is InChI=1S/C10H17N/c1-2-3-7-10-8-5-4-6-9-11-10/h1,10-11H,3-9H2. The molecule has 62 valence electrons. The highest BCUT2D eigenvalue weighted by molar-refractivity contribution is 4.86. The van der Waals surface area contributed by atoms with Crippen LogP contribution in [0.1, 0.15) is 38.5 Å². The molecular formula is C10H17N. The molecule has 0 radical (unpaired) electrons. The summed E-state index contributed by atoms with van der Waals surface area (Å²) in [6.45, 7) is 1.19. The Labute approximate surface area is 69.6 Å². The van der Waals surface area contributed by atoms with E-state index in [2.05, 4.69) is 11.2 Å². The highest BCUT2D eigenvalue weighted by Gasteiger charge is 2.09. The molecule has 0 saturated carbocycles. The molecule has 1 aliphatic heterocycles. The van der Waals surface area contributed by atoms with Crippen LogP contribution in [0.25, 0.3) is 0 Å². The number of hydrogen-bond acceptors (Lipinski definition) is 1. The van der Waals surface area contributed by atoms with Crippen molar-refractivity contribution >= 4 is 0 Å². The van der Waals surface area contributed by atoms with Gasteiger partial charge in [-0.05, 0) is 25.8 Å². The number of rotatable bonds is 2. The minimum atomic E-state index is 0.702. The van der Waals surface area contributed by atoms with Gasteiger partial charge in [0.05, 0.1) is 0 Å². The van der Waals surface area contributed by atoms with Crippen molar-refractivity contribution < 1.29 is 0 Å². The van der Waals surface area contributed by atoms with Crippen LogP contribution in [0.15, 0.2) is 0 Å². The van der Waals surface area contributed by atoms with E-state index in [4.69, 9.17) is 6.42 Å². The fourth-order valence-electron chi connectivity index (χ4n) is 1.60. The molecule has 1 fully saturated rings. The zero-order chi connectivity index (χ0) is 7.94. The van der Waals surface area contributed by atoms with Gasteiger partial charge in [-0.2, -0.15) is 0 Å². The Bertz CT molecular complexity index is 126. The molecule has 1 aliphatic rings. The van der Waals surface area contributed by atoms with Gasteiger partial charge < -0.3 is 5.32 Å². The Morgan fingerprint density at radius 1 is 1.36 bits per heavy atom. The molecule has 0 spiro atoms. The van der Waals surface area contributed by atoms with Gasteiger partial charge in [0.15, 0.2) is 0 Å². The SMILES string of the molecule is C#CCCC1CCCCCN1. The van der Waals surface area contributed by atoms with Crippen LogP contribution < -0.4 is 5.32 Å². The molecule has 1 heteroatoms. The van der Waals surface area contributed by atoms with E-state index in [1.165, 1.54) is 32.2 Å². The maximum absolute atomic E-state index is 5.21. The zero-order valence-electron chi connectivity index (χ0n) is 7.10. The molecular weight excluding hydrogens is 134 g/mol. The quantitative estimate of drug-likeness (QED) is 0.595. The second-order valence-electron chi connectivity index (χ2n) is 3.24. The van der Waals surface area contributed by atoms with Crippen LogP contribution in [-0.4, -0.2) is 12.6 Å². The fraction of sp³-hybridized carbons (Fsp3) is 0.800. The first-order valence-electron chi connectivity index (χ1n) is 4.60. The lowest BCUT2D eigenvalue weighted by Crippen LogP contribution is -2.27. The monoisotopic (exact) mass is 151 g/mol. The molecule has 0 bridgehead atoms. The summed E-state index contributed by atoms with van der Waals surface area (Å²) >= 11 is 0. The Balaban J connectivity index is 2.15. The van der Waals surface area contributed by atoms with Crippen LogP contribution in [0.2, 0.25) is 0 Å². The summed E-state index contributed by atoms with van der Waals surface area (Å²) in [5.74, 6) is 2.70. The van der Waals surface area contributed by atoms with Crippen molar-refractivity contribution in [3.05, 3.63) is 0 Å². The third kappa shape index (κ3) is 3.43. The lowest BCUT2D eigenvalue weighted by Gasteiger charge is -2.13. The Morgan fingerprint density at radius 3 is 3.09 bits per heavy atom. The number of hydrogen-bond donors (Lipinski definition) is 1. The van der Waals surface area contributed by atoms with E-state index in [9.17, 15) is 0 Å². The van der Waals surface area contributed by atoms with Crippen molar-refractivity contribution in [2.24, 2.45) is 0 Å². The topological polar surface area (TPSA) is 12.0 Å². The number of nitrogens with one attached hydrogen (secondary N) is 1. The highest BCUT2D eigenvalue weighted by atomic mass is 14.9. The van der Waals surface area contributed by atoms with E-state index in [1.54, 1.807) is 0 Å².